The maximum absolute atomic E-state index is 12.2. The number of methoxy groups -OCH3 is 1. The number of pyridine rings is 1. The van der Waals surface area contributed by atoms with E-state index in [9.17, 15) is 4.79 Å². The van der Waals surface area contributed by atoms with Gasteiger partial charge in [-0.25, -0.2) is 4.98 Å². The van der Waals surface area contributed by atoms with Gasteiger partial charge in [0.1, 0.15) is 11.4 Å². The summed E-state index contributed by atoms with van der Waals surface area (Å²) in [6, 6.07) is 9.63. The van der Waals surface area contributed by atoms with E-state index < -0.39 is 0 Å². The van der Waals surface area contributed by atoms with Gasteiger partial charge in [0.25, 0.3) is 0 Å². The van der Waals surface area contributed by atoms with Crippen LogP contribution in [0, 0.1) is 0 Å². The van der Waals surface area contributed by atoms with Crippen molar-refractivity contribution in [1.82, 2.24) is 4.98 Å². The molecule has 5 nitrogen and oxygen atoms in total. The van der Waals surface area contributed by atoms with Crippen LogP contribution in [0.5, 0.6) is 5.75 Å². The number of Topliss-reactive ketones (excluding diaryl/α,β-unsaturated/α-hetero) is 1. The summed E-state index contributed by atoms with van der Waals surface area (Å²) in [5.74, 6) is 0.804. The van der Waals surface area contributed by atoms with Gasteiger partial charge in [0.05, 0.1) is 24.4 Å². The number of furan rings is 1. The van der Waals surface area contributed by atoms with Gasteiger partial charge in [-0.15, -0.1) is 0 Å². The minimum absolute atomic E-state index is 0.0381. The molecule has 22 heavy (non-hydrogen) atoms. The first-order valence-corrected chi connectivity index (χ1v) is 7.10. The van der Waals surface area contributed by atoms with Crippen molar-refractivity contribution in [2.24, 2.45) is 0 Å². The number of nitrogens with one attached hydrogen (secondary N) is 1. The molecule has 1 aliphatic rings. The van der Waals surface area contributed by atoms with E-state index in [1.54, 1.807) is 13.4 Å². The zero-order valence-electron chi connectivity index (χ0n) is 12.1. The average molecular weight is 294 g/mol. The first-order valence-electron chi connectivity index (χ1n) is 7.10. The molecule has 0 radical (unpaired) electrons. The number of hydrogen-bond donors (Lipinski definition) is 1. The van der Waals surface area contributed by atoms with E-state index in [0.717, 1.165) is 28.0 Å². The van der Waals surface area contributed by atoms with E-state index in [-0.39, 0.29) is 5.78 Å². The lowest BCUT2D eigenvalue weighted by molar-refractivity contribution is 0.0979. The number of ether oxygens (including phenoxy) is 1. The van der Waals surface area contributed by atoms with Gasteiger partial charge in [-0.1, -0.05) is 12.1 Å². The molecule has 1 N–H and O–H groups in total. The largest absolute Gasteiger partial charge is 0.497 e. The first kappa shape index (κ1) is 12.9. The van der Waals surface area contributed by atoms with Gasteiger partial charge in [0.2, 0.25) is 5.71 Å². The van der Waals surface area contributed by atoms with Crippen molar-refractivity contribution in [1.29, 1.82) is 0 Å². The second kappa shape index (κ2) is 4.87. The first-order chi connectivity index (χ1) is 10.8. The SMILES string of the molecule is COc1cccc(-c2c3c(nc4occc24)C(=O)CCN3)c1. The molecule has 5 heteroatoms. The van der Waals surface area contributed by atoms with Crippen LogP contribution in [-0.4, -0.2) is 24.4 Å². The van der Waals surface area contributed by atoms with Gasteiger partial charge < -0.3 is 14.5 Å². The molecule has 110 valence electrons. The van der Waals surface area contributed by atoms with Crippen molar-refractivity contribution >= 4 is 22.6 Å². The van der Waals surface area contributed by atoms with Gasteiger partial charge in [-0.05, 0) is 23.8 Å². The molecule has 0 saturated carbocycles. The van der Waals surface area contributed by atoms with Crippen LogP contribution in [0.3, 0.4) is 0 Å². The minimum Gasteiger partial charge on any atom is -0.497 e. The smallest absolute Gasteiger partial charge is 0.227 e. The molecule has 4 rings (SSSR count). The van der Waals surface area contributed by atoms with Crippen LogP contribution in [0.2, 0.25) is 0 Å². The molecule has 0 bridgehead atoms. The monoisotopic (exact) mass is 294 g/mol. The lowest BCUT2D eigenvalue weighted by atomic mass is 9.96. The standard InChI is InChI=1S/C17H14N2O3/c1-21-11-4-2-3-10(9-11)14-12-6-8-22-17(12)19-15-13(20)5-7-18-16(14)15/h2-4,6,8-9,18H,5,7H2,1H3. The minimum atomic E-state index is 0.0381. The number of hydrogen-bond acceptors (Lipinski definition) is 5. The maximum Gasteiger partial charge on any atom is 0.227 e. The molecule has 2 aromatic heterocycles. The van der Waals surface area contributed by atoms with Crippen LogP contribution < -0.4 is 10.1 Å². The average Bonchev–Trinajstić information content (AvgIpc) is 3.01. The van der Waals surface area contributed by atoms with E-state index >= 15 is 0 Å². The summed E-state index contributed by atoms with van der Waals surface area (Å²) in [7, 11) is 1.64. The van der Waals surface area contributed by atoms with Crippen LogP contribution in [0.4, 0.5) is 5.69 Å². The quantitative estimate of drug-likeness (QED) is 0.783. The molecule has 0 saturated heterocycles. The van der Waals surface area contributed by atoms with Crippen LogP contribution in [0.25, 0.3) is 22.2 Å². The number of carbonyl (C=O) groups is 1. The Morgan fingerprint density at radius 3 is 3.09 bits per heavy atom. The zero-order valence-corrected chi connectivity index (χ0v) is 12.1. The molecular weight excluding hydrogens is 280 g/mol. The van der Waals surface area contributed by atoms with Crippen LogP contribution in [0.15, 0.2) is 41.0 Å². The molecule has 3 aromatic rings. The number of nitrogens with zero attached hydrogens (tertiary/aromatic N) is 1. The Bertz CT molecular complexity index is 883. The molecule has 0 spiro atoms. The third-order valence-electron chi connectivity index (χ3n) is 3.89. The predicted octanol–water partition coefficient (Wildman–Crippen LogP) is 3.50. The van der Waals surface area contributed by atoms with Crippen molar-refractivity contribution in [3.05, 3.63) is 42.3 Å². The van der Waals surface area contributed by atoms with Gasteiger partial charge in [-0.3, -0.25) is 4.79 Å². The number of carbonyl (C=O) groups excluding carboxylic acids is 1. The summed E-state index contributed by atoms with van der Waals surface area (Å²) >= 11 is 0. The van der Waals surface area contributed by atoms with Crippen molar-refractivity contribution in [2.75, 3.05) is 19.0 Å². The van der Waals surface area contributed by atoms with Gasteiger partial charge in [0.15, 0.2) is 5.78 Å². The normalized spacial score (nSPS) is 13.8. The number of anilines is 1. The molecule has 1 aromatic carbocycles. The fourth-order valence-electron chi connectivity index (χ4n) is 2.86. The van der Waals surface area contributed by atoms with Crippen molar-refractivity contribution in [2.45, 2.75) is 6.42 Å². The fraction of sp³-hybridized carbons (Fsp3) is 0.176. The summed E-state index contributed by atoms with van der Waals surface area (Å²) in [6.07, 6.45) is 2.04. The third-order valence-corrected chi connectivity index (χ3v) is 3.89. The molecule has 0 aliphatic carbocycles. The van der Waals surface area contributed by atoms with Crippen molar-refractivity contribution in [3.63, 3.8) is 0 Å². The zero-order chi connectivity index (χ0) is 15.1. The highest BCUT2D eigenvalue weighted by Crippen LogP contribution is 2.39. The number of fused-ring (bicyclic) bond motifs is 2. The Morgan fingerprint density at radius 2 is 2.23 bits per heavy atom. The molecule has 0 atom stereocenters. The van der Waals surface area contributed by atoms with Gasteiger partial charge in [0, 0.05) is 18.5 Å². The lowest BCUT2D eigenvalue weighted by Crippen LogP contribution is -2.20. The summed E-state index contributed by atoms with van der Waals surface area (Å²) in [5, 5.41) is 4.20. The van der Waals surface area contributed by atoms with Crippen LogP contribution >= 0.6 is 0 Å². The highest BCUT2D eigenvalue weighted by atomic mass is 16.5. The van der Waals surface area contributed by atoms with Crippen LogP contribution in [0.1, 0.15) is 16.9 Å². The second-order valence-corrected chi connectivity index (χ2v) is 5.18. The van der Waals surface area contributed by atoms with E-state index in [4.69, 9.17) is 9.15 Å². The third kappa shape index (κ3) is 1.86. The van der Waals surface area contributed by atoms with Gasteiger partial charge in [-0.2, -0.15) is 0 Å². The Hall–Kier alpha value is -2.82. The highest BCUT2D eigenvalue weighted by Gasteiger charge is 2.25. The molecular formula is C17H14N2O3. The van der Waals surface area contributed by atoms with E-state index in [2.05, 4.69) is 10.3 Å². The second-order valence-electron chi connectivity index (χ2n) is 5.18. The molecule has 3 heterocycles. The number of benzene rings is 1. The van der Waals surface area contributed by atoms with Crippen molar-refractivity contribution in [3.8, 4) is 16.9 Å². The molecule has 0 fully saturated rings. The number of aromatic nitrogens is 1. The highest BCUT2D eigenvalue weighted by molar-refractivity contribution is 6.10. The summed E-state index contributed by atoms with van der Waals surface area (Å²) in [6.45, 7) is 0.619. The number of ketones is 1. The van der Waals surface area contributed by atoms with E-state index in [0.29, 0.717) is 24.4 Å². The Kier molecular flexibility index (Phi) is 2.85. The topological polar surface area (TPSA) is 64.4 Å². The summed E-state index contributed by atoms with van der Waals surface area (Å²) < 4.78 is 10.7. The van der Waals surface area contributed by atoms with E-state index in [1.165, 1.54) is 0 Å². The Labute approximate surface area is 126 Å². The lowest BCUT2D eigenvalue weighted by Gasteiger charge is -2.20. The molecule has 0 amide bonds. The summed E-state index contributed by atoms with van der Waals surface area (Å²) in [5.41, 5.74) is 3.60. The predicted molar refractivity (Wildman–Crippen MR) is 83.4 cm³/mol. The summed E-state index contributed by atoms with van der Waals surface area (Å²) in [4.78, 5) is 16.6. The van der Waals surface area contributed by atoms with Crippen LogP contribution in [-0.2, 0) is 0 Å². The number of rotatable bonds is 2. The maximum atomic E-state index is 12.2. The molecule has 0 unspecified atom stereocenters. The van der Waals surface area contributed by atoms with Crippen molar-refractivity contribution < 1.29 is 13.9 Å². The van der Waals surface area contributed by atoms with E-state index in [1.807, 2.05) is 30.3 Å². The molecule has 1 aliphatic heterocycles. The Balaban J connectivity index is 2.06. The van der Waals surface area contributed by atoms with Gasteiger partial charge >= 0.3 is 0 Å². The fourth-order valence-corrected chi connectivity index (χ4v) is 2.86. The Morgan fingerprint density at radius 1 is 1.32 bits per heavy atom.